The van der Waals surface area contributed by atoms with Gasteiger partial charge in [0.1, 0.15) is 5.75 Å². The Morgan fingerprint density at radius 3 is 2.24 bits per heavy atom. The number of rotatable bonds is 7. The minimum atomic E-state index is -0.00782. The molecule has 1 aromatic carbocycles. The molecule has 0 radical (unpaired) electrons. The van der Waals surface area contributed by atoms with Gasteiger partial charge in [0.2, 0.25) is 5.91 Å². The molecule has 1 heterocycles. The van der Waals surface area contributed by atoms with E-state index < -0.39 is 0 Å². The Hall–Kier alpha value is -1.66. The van der Waals surface area contributed by atoms with Gasteiger partial charge in [0.25, 0.3) is 0 Å². The molecule has 0 aromatic heterocycles. The largest absolute Gasteiger partial charge is 0.494 e. The highest BCUT2D eigenvalue weighted by Crippen LogP contribution is 2.38. The van der Waals surface area contributed by atoms with Gasteiger partial charge in [-0.05, 0) is 37.8 Å². The number of carbonyl (C=O) groups excluding carboxylic acids is 1. The number of carbonyl (C=O) groups is 1. The molecule has 142 valence electrons. The second kappa shape index (κ2) is 10.4. The molecular formula is C18H29ClN2O4. The van der Waals surface area contributed by atoms with Crippen LogP contribution in [0.2, 0.25) is 0 Å². The van der Waals surface area contributed by atoms with Crippen molar-refractivity contribution in [2.45, 2.75) is 26.2 Å². The molecule has 25 heavy (non-hydrogen) atoms. The van der Waals surface area contributed by atoms with Crippen LogP contribution in [0.15, 0.2) is 12.1 Å². The van der Waals surface area contributed by atoms with Gasteiger partial charge in [-0.3, -0.25) is 4.79 Å². The lowest BCUT2D eigenvalue weighted by Crippen LogP contribution is -2.32. The van der Waals surface area contributed by atoms with Gasteiger partial charge in [0.05, 0.1) is 27.0 Å². The van der Waals surface area contributed by atoms with Crippen molar-refractivity contribution in [3.05, 3.63) is 12.1 Å². The Balaban J connectivity index is 0.00000312. The van der Waals surface area contributed by atoms with E-state index in [1.165, 1.54) is 0 Å². The van der Waals surface area contributed by atoms with E-state index in [4.69, 9.17) is 14.2 Å². The van der Waals surface area contributed by atoms with Crippen molar-refractivity contribution < 1.29 is 19.0 Å². The molecule has 1 fully saturated rings. The molecule has 1 aliphatic rings. The van der Waals surface area contributed by atoms with Crippen LogP contribution in [0.3, 0.4) is 0 Å². The summed E-state index contributed by atoms with van der Waals surface area (Å²) < 4.78 is 15.9. The molecule has 2 rings (SSSR count). The lowest BCUT2D eigenvalue weighted by molar-refractivity contribution is -0.117. The van der Waals surface area contributed by atoms with Crippen LogP contribution < -0.4 is 24.8 Å². The third-order valence-corrected chi connectivity index (χ3v) is 4.68. The number of methoxy groups -OCH3 is 3. The molecule has 1 aliphatic heterocycles. The number of hydrogen-bond donors (Lipinski definition) is 2. The average Bonchev–Trinajstić information content (AvgIpc) is 2.61. The van der Waals surface area contributed by atoms with E-state index in [1.54, 1.807) is 33.5 Å². The zero-order valence-electron chi connectivity index (χ0n) is 15.4. The van der Waals surface area contributed by atoms with Crippen molar-refractivity contribution in [3.63, 3.8) is 0 Å². The van der Waals surface area contributed by atoms with Gasteiger partial charge in [0, 0.05) is 18.6 Å². The molecule has 0 saturated carbocycles. The summed E-state index contributed by atoms with van der Waals surface area (Å²) in [6.45, 7) is 4.24. The van der Waals surface area contributed by atoms with Crippen LogP contribution in [-0.2, 0) is 4.79 Å². The average molecular weight is 373 g/mol. The zero-order valence-corrected chi connectivity index (χ0v) is 16.2. The lowest BCUT2D eigenvalue weighted by Gasteiger charge is -2.28. The molecule has 0 aliphatic carbocycles. The zero-order chi connectivity index (χ0) is 17.5. The minimum Gasteiger partial charge on any atom is -0.494 e. The lowest BCUT2D eigenvalue weighted by atomic mass is 9.84. The van der Waals surface area contributed by atoms with Gasteiger partial charge in [-0.2, -0.15) is 0 Å². The third kappa shape index (κ3) is 5.68. The van der Waals surface area contributed by atoms with E-state index in [9.17, 15) is 4.79 Å². The Labute approximate surface area is 156 Å². The normalized spacial score (nSPS) is 15.7. The van der Waals surface area contributed by atoms with Gasteiger partial charge in [0.15, 0.2) is 11.5 Å². The van der Waals surface area contributed by atoms with Crippen molar-refractivity contribution in [2.24, 2.45) is 11.8 Å². The molecule has 1 atom stereocenters. The number of anilines is 1. The van der Waals surface area contributed by atoms with Crippen LogP contribution >= 0.6 is 12.4 Å². The molecular weight excluding hydrogens is 344 g/mol. The van der Waals surface area contributed by atoms with Crippen molar-refractivity contribution in [3.8, 4) is 17.2 Å². The fourth-order valence-electron chi connectivity index (χ4n) is 3.20. The monoisotopic (exact) mass is 372 g/mol. The highest BCUT2D eigenvalue weighted by atomic mass is 35.5. The van der Waals surface area contributed by atoms with Gasteiger partial charge in [-0.25, -0.2) is 0 Å². The number of ether oxygens (including phenoxy) is 3. The Kier molecular flexibility index (Phi) is 8.86. The van der Waals surface area contributed by atoms with E-state index in [1.807, 2.05) is 0 Å². The van der Waals surface area contributed by atoms with Crippen molar-refractivity contribution in [1.82, 2.24) is 5.32 Å². The van der Waals surface area contributed by atoms with Crippen LogP contribution in [0.5, 0.6) is 17.2 Å². The van der Waals surface area contributed by atoms with Crippen LogP contribution in [0.4, 0.5) is 5.69 Å². The molecule has 1 amide bonds. The van der Waals surface area contributed by atoms with Crippen molar-refractivity contribution in [1.29, 1.82) is 0 Å². The maximum atomic E-state index is 12.4. The van der Waals surface area contributed by atoms with E-state index in [0.29, 0.717) is 41.2 Å². The number of benzene rings is 1. The molecule has 0 bridgehead atoms. The number of amides is 1. The molecule has 1 aromatic rings. The van der Waals surface area contributed by atoms with Crippen molar-refractivity contribution >= 4 is 24.0 Å². The summed E-state index contributed by atoms with van der Waals surface area (Å²) in [5.41, 5.74) is 0.595. The topological polar surface area (TPSA) is 68.8 Å². The fourth-order valence-corrected chi connectivity index (χ4v) is 3.20. The fraction of sp³-hybridized carbons (Fsp3) is 0.611. The van der Waals surface area contributed by atoms with Gasteiger partial charge in [-0.1, -0.05) is 6.92 Å². The molecule has 0 spiro atoms. The molecule has 1 saturated heterocycles. The van der Waals surface area contributed by atoms with Gasteiger partial charge >= 0.3 is 0 Å². The number of piperidine rings is 1. The summed E-state index contributed by atoms with van der Waals surface area (Å²) in [5, 5.41) is 6.30. The standard InChI is InChI=1S/C18H28N2O4.ClH/c1-12(13-5-7-19-8-6-13)9-18(21)20-14-10-16(23-3)17(24-4)11-15(14)22-2;/h10-13,19H,5-9H2,1-4H3,(H,20,21);1H. The van der Waals surface area contributed by atoms with Crippen LogP contribution in [0.1, 0.15) is 26.2 Å². The number of hydrogen-bond acceptors (Lipinski definition) is 5. The molecule has 1 unspecified atom stereocenters. The second-order valence-corrected chi connectivity index (χ2v) is 6.22. The second-order valence-electron chi connectivity index (χ2n) is 6.22. The summed E-state index contributed by atoms with van der Waals surface area (Å²) in [7, 11) is 4.69. The highest BCUT2D eigenvalue weighted by Gasteiger charge is 2.23. The molecule has 7 heteroatoms. The summed E-state index contributed by atoms with van der Waals surface area (Å²) in [6, 6.07) is 3.44. The molecule has 6 nitrogen and oxygen atoms in total. The van der Waals surface area contributed by atoms with Gasteiger partial charge in [-0.15, -0.1) is 12.4 Å². The predicted octanol–water partition coefficient (Wildman–Crippen LogP) is 3.10. The van der Waals surface area contributed by atoms with Crippen LogP contribution in [0.25, 0.3) is 0 Å². The van der Waals surface area contributed by atoms with E-state index in [0.717, 1.165) is 25.9 Å². The number of nitrogens with one attached hydrogen (secondary N) is 2. The summed E-state index contributed by atoms with van der Waals surface area (Å²) in [5.74, 6) is 2.63. The minimum absolute atomic E-state index is 0. The first-order valence-electron chi connectivity index (χ1n) is 8.39. The first-order chi connectivity index (χ1) is 11.6. The van der Waals surface area contributed by atoms with E-state index >= 15 is 0 Å². The van der Waals surface area contributed by atoms with Crippen molar-refractivity contribution in [2.75, 3.05) is 39.7 Å². The maximum Gasteiger partial charge on any atom is 0.224 e. The highest BCUT2D eigenvalue weighted by molar-refractivity contribution is 5.93. The first-order valence-corrected chi connectivity index (χ1v) is 8.39. The van der Waals surface area contributed by atoms with Gasteiger partial charge < -0.3 is 24.8 Å². The summed E-state index contributed by atoms with van der Waals surface area (Å²) in [6.07, 6.45) is 2.77. The van der Waals surface area contributed by atoms with E-state index in [-0.39, 0.29) is 18.3 Å². The SMILES string of the molecule is COc1cc(OC)c(OC)cc1NC(=O)CC(C)C1CCNCC1.Cl. The Morgan fingerprint density at radius 2 is 1.68 bits per heavy atom. The summed E-state index contributed by atoms with van der Waals surface area (Å²) in [4.78, 5) is 12.4. The Bertz CT molecular complexity index is 562. The van der Waals surface area contributed by atoms with Crippen LogP contribution in [0, 0.1) is 11.8 Å². The number of halogens is 1. The predicted molar refractivity (Wildman–Crippen MR) is 101 cm³/mol. The van der Waals surface area contributed by atoms with Crippen LogP contribution in [-0.4, -0.2) is 40.3 Å². The quantitative estimate of drug-likeness (QED) is 0.769. The van der Waals surface area contributed by atoms with E-state index in [2.05, 4.69) is 17.6 Å². The third-order valence-electron chi connectivity index (χ3n) is 4.68. The summed E-state index contributed by atoms with van der Waals surface area (Å²) >= 11 is 0. The first kappa shape index (κ1) is 21.4. The maximum absolute atomic E-state index is 12.4. The smallest absolute Gasteiger partial charge is 0.224 e. The molecule has 2 N–H and O–H groups in total. The Morgan fingerprint density at radius 1 is 1.12 bits per heavy atom.